The largest absolute Gasteiger partial charge is 0.507 e. The van der Waals surface area contributed by atoms with Crippen molar-refractivity contribution in [3.8, 4) is 0 Å². The Balaban J connectivity index is 1.98. The van der Waals surface area contributed by atoms with Crippen molar-refractivity contribution in [2.45, 2.75) is 19.9 Å². The number of aromatic nitrogens is 1. The number of pyridine rings is 1. The number of anilines is 1. The zero-order valence-electron chi connectivity index (χ0n) is 16.8. The third-order valence-corrected chi connectivity index (χ3v) is 5.36. The molecule has 7 heteroatoms. The van der Waals surface area contributed by atoms with Gasteiger partial charge in [0.2, 0.25) is 0 Å². The predicted molar refractivity (Wildman–Crippen MR) is 111 cm³/mol. The number of nitrogens with zero attached hydrogens (tertiary/aromatic N) is 2. The number of aliphatic hydroxyl groups is 1. The highest BCUT2D eigenvalue weighted by Gasteiger charge is 2.48. The molecule has 1 aliphatic rings. The summed E-state index contributed by atoms with van der Waals surface area (Å²) in [6, 6.07) is 11.3. The number of carbonyl (C=O) groups excluding carboxylic acids is 2. The van der Waals surface area contributed by atoms with E-state index in [4.69, 9.17) is 0 Å². The minimum Gasteiger partial charge on any atom is -0.507 e. The zero-order chi connectivity index (χ0) is 22.3. The normalized spacial score (nSPS) is 17.9. The van der Waals surface area contributed by atoms with E-state index >= 15 is 0 Å². The van der Waals surface area contributed by atoms with Crippen LogP contribution in [0.15, 0.2) is 66.4 Å². The molecule has 1 aromatic heterocycles. The monoisotopic (exact) mass is 420 g/mol. The Labute approximate surface area is 177 Å². The molecule has 1 aliphatic heterocycles. The number of amides is 1. The minimum atomic E-state index is -1.22. The van der Waals surface area contributed by atoms with Crippen LogP contribution < -0.4 is 4.90 Å². The molecule has 156 valence electrons. The maximum absolute atomic E-state index is 14.6. The molecule has 4 rings (SSSR count). The molecule has 0 radical (unpaired) electrons. The van der Waals surface area contributed by atoms with Crippen molar-refractivity contribution in [2.24, 2.45) is 0 Å². The molecule has 0 spiro atoms. The van der Waals surface area contributed by atoms with E-state index in [2.05, 4.69) is 4.98 Å². The Morgan fingerprint density at radius 3 is 2.45 bits per heavy atom. The number of hydrogen-bond acceptors (Lipinski definition) is 4. The van der Waals surface area contributed by atoms with Gasteiger partial charge in [-0.3, -0.25) is 19.5 Å². The number of carbonyl (C=O) groups is 2. The molecule has 2 aromatic carbocycles. The Kier molecular flexibility index (Phi) is 5.10. The molecule has 31 heavy (non-hydrogen) atoms. The second-order valence-electron chi connectivity index (χ2n) is 7.32. The van der Waals surface area contributed by atoms with E-state index in [1.807, 2.05) is 13.8 Å². The Bertz CT molecular complexity index is 1240. The summed E-state index contributed by atoms with van der Waals surface area (Å²) in [5.74, 6) is -4.14. The fraction of sp³-hybridized carbons (Fsp3) is 0.125. The van der Waals surface area contributed by atoms with Crippen LogP contribution in [0.4, 0.5) is 14.5 Å². The number of aliphatic hydroxyl groups excluding tert-OH is 1. The Hall–Kier alpha value is -3.87. The first kappa shape index (κ1) is 20.4. The second-order valence-corrected chi connectivity index (χ2v) is 7.32. The van der Waals surface area contributed by atoms with Crippen LogP contribution in [-0.2, 0) is 9.59 Å². The lowest BCUT2D eigenvalue weighted by Crippen LogP contribution is -2.30. The first-order chi connectivity index (χ1) is 14.8. The first-order valence-electron chi connectivity index (χ1n) is 9.54. The number of rotatable bonds is 3. The van der Waals surface area contributed by atoms with E-state index in [9.17, 15) is 23.5 Å². The number of Topliss-reactive ketones (excluding diaryl/α,β-unsaturated/α-hetero) is 1. The smallest absolute Gasteiger partial charge is 0.300 e. The van der Waals surface area contributed by atoms with Crippen molar-refractivity contribution in [1.82, 2.24) is 4.98 Å². The van der Waals surface area contributed by atoms with Gasteiger partial charge in [0.1, 0.15) is 23.4 Å². The van der Waals surface area contributed by atoms with Crippen LogP contribution in [-0.4, -0.2) is 21.8 Å². The van der Waals surface area contributed by atoms with E-state index in [0.29, 0.717) is 5.56 Å². The summed E-state index contributed by atoms with van der Waals surface area (Å²) in [7, 11) is 0. The summed E-state index contributed by atoms with van der Waals surface area (Å²) in [5, 5.41) is 11.0. The van der Waals surface area contributed by atoms with Gasteiger partial charge in [-0.25, -0.2) is 8.78 Å². The molecule has 0 bridgehead atoms. The molecule has 5 nitrogen and oxygen atoms in total. The summed E-state index contributed by atoms with van der Waals surface area (Å²) in [4.78, 5) is 31.0. The number of hydrogen-bond donors (Lipinski definition) is 1. The number of benzene rings is 2. The van der Waals surface area contributed by atoms with E-state index in [-0.39, 0.29) is 11.3 Å². The van der Waals surface area contributed by atoms with Gasteiger partial charge in [-0.15, -0.1) is 0 Å². The standard InChI is InChI=1S/C24H18F2N2O3/c1-13-6-7-15(11-14(13)2)22(29)20-21(18-5-3-4-10-27-18)28(24(31)23(20)30)19-12-16(25)8-9-17(19)26/h3-12,21,29H,1-2H3/b22-20+. The third kappa shape index (κ3) is 3.48. The van der Waals surface area contributed by atoms with Gasteiger partial charge >= 0.3 is 0 Å². The lowest BCUT2D eigenvalue weighted by molar-refractivity contribution is -0.132. The topological polar surface area (TPSA) is 70.5 Å². The maximum Gasteiger partial charge on any atom is 0.300 e. The predicted octanol–water partition coefficient (Wildman–Crippen LogP) is 4.60. The first-order valence-corrected chi connectivity index (χ1v) is 9.54. The van der Waals surface area contributed by atoms with Crippen LogP contribution in [0.1, 0.15) is 28.4 Å². The van der Waals surface area contributed by atoms with E-state index < -0.39 is 40.8 Å². The molecule has 0 saturated carbocycles. The van der Waals surface area contributed by atoms with Crippen LogP contribution in [0.25, 0.3) is 5.76 Å². The summed E-state index contributed by atoms with van der Waals surface area (Å²) in [6.45, 7) is 3.75. The zero-order valence-corrected chi connectivity index (χ0v) is 16.8. The van der Waals surface area contributed by atoms with Crippen LogP contribution in [0.3, 0.4) is 0 Å². The maximum atomic E-state index is 14.6. The molecule has 3 aromatic rings. The van der Waals surface area contributed by atoms with Crippen molar-refractivity contribution in [2.75, 3.05) is 4.90 Å². The van der Waals surface area contributed by atoms with Crippen molar-refractivity contribution >= 4 is 23.1 Å². The van der Waals surface area contributed by atoms with Gasteiger partial charge in [0, 0.05) is 17.8 Å². The molecule has 1 unspecified atom stereocenters. The molecule has 0 aliphatic carbocycles. The van der Waals surface area contributed by atoms with Gasteiger partial charge < -0.3 is 5.11 Å². The van der Waals surface area contributed by atoms with Gasteiger partial charge in [-0.1, -0.05) is 18.2 Å². The quantitative estimate of drug-likeness (QED) is 0.382. The number of ketones is 1. The van der Waals surface area contributed by atoms with Crippen LogP contribution >= 0.6 is 0 Å². The molecular formula is C24H18F2N2O3. The fourth-order valence-corrected chi connectivity index (χ4v) is 3.61. The highest BCUT2D eigenvalue weighted by atomic mass is 19.1. The van der Waals surface area contributed by atoms with Crippen LogP contribution in [0.5, 0.6) is 0 Å². The molecular weight excluding hydrogens is 402 g/mol. The van der Waals surface area contributed by atoms with Gasteiger partial charge in [0.15, 0.2) is 0 Å². The minimum absolute atomic E-state index is 0.232. The van der Waals surface area contributed by atoms with Crippen LogP contribution in [0, 0.1) is 25.5 Å². The van der Waals surface area contributed by atoms with E-state index in [1.165, 1.54) is 6.20 Å². The van der Waals surface area contributed by atoms with E-state index in [1.54, 1.807) is 36.4 Å². The van der Waals surface area contributed by atoms with E-state index in [0.717, 1.165) is 34.2 Å². The average molecular weight is 420 g/mol. The molecule has 1 N–H and O–H groups in total. The third-order valence-electron chi connectivity index (χ3n) is 5.36. The molecule has 1 amide bonds. The lowest BCUT2D eigenvalue weighted by Gasteiger charge is -2.25. The van der Waals surface area contributed by atoms with Crippen molar-refractivity contribution in [3.05, 3.63) is 100 Å². The van der Waals surface area contributed by atoms with Gasteiger partial charge in [0.25, 0.3) is 11.7 Å². The van der Waals surface area contributed by atoms with Crippen molar-refractivity contribution in [1.29, 1.82) is 0 Å². The van der Waals surface area contributed by atoms with Crippen molar-refractivity contribution in [3.63, 3.8) is 0 Å². The Morgan fingerprint density at radius 2 is 1.77 bits per heavy atom. The van der Waals surface area contributed by atoms with Gasteiger partial charge in [0.05, 0.1) is 17.0 Å². The Morgan fingerprint density at radius 1 is 1.00 bits per heavy atom. The SMILES string of the molecule is Cc1ccc(/C(O)=C2\C(=O)C(=O)N(c3cc(F)ccc3F)C2c2ccccn2)cc1C. The van der Waals surface area contributed by atoms with Crippen molar-refractivity contribution < 1.29 is 23.5 Å². The molecule has 1 fully saturated rings. The molecule has 1 saturated heterocycles. The summed E-state index contributed by atoms with van der Waals surface area (Å²) < 4.78 is 28.5. The highest BCUT2D eigenvalue weighted by Crippen LogP contribution is 2.42. The number of halogens is 2. The average Bonchev–Trinajstić information content (AvgIpc) is 3.02. The fourth-order valence-electron chi connectivity index (χ4n) is 3.61. The molecule has 2 heterocycles. The second kappa shape index (κ2) is 7.75. The number of aryl methyl sites for hydroxylation is 2. The highest BCUT2D eigenvalue weighted by molar-refractivity contribution is 6.51. The van der Waals surface area contributed by atoms with Crippen LogP contribution in [0.2, 0.25) is 0 Å². The summed E-state index contributed by atoms with van der Waals surface area (Å²) in [5.41, 5.74) is 1.79. The van der Waals surface area contributed by atoms with Gasteiger partial charge in [-0.2, -0.15) is 0 Å². The molecule has 1 atom stereocenters. The summed E-state index contributed by atoms with van der Waals surface area (Å²) in [6.07, 6.45) is 1.45. The van der Waals surface area contributed by atoms with Gasteiger partial charge in [-0.05, 0) is 55.3 Å². The lowest BCUT2D eigenvalue weighted by atomic mass is 9.96. The summed E-state index contributed by atoms with van der Waals surface area (Å²) >= 11 is 0.